The molecule has 1 fully saturated rings. The van der Waals surface area contributed by atoms with E-state index >= 15 is 0 Å². The number of hydrogen-bond donors (Lipinski definition) is 0. The van der Waals surface area contributed by atoms with Gasteiger partial charge in [-0.3, -0.25) is 9.59 Å². The van der Waals surface area contributed by atoms with E-state index in [2.05, 4.69) is 13.8 Å². The second-order valence-electron chi connectivity index (χ2n) is 9.47. The van der Waals surface area contributed by atoms with Gasteiger partial charge in [0.2, 0.25) is 0 Å². The smallest absolute Gasteiger partial charge is 0.306 e. The Balaban J connectivity index is 2.56. The Labute approximate surface area is 202 Å². The molecule has 1 saturated heterocycles. The molecule has 5 atom stereocenters. The van der Waals surface area contributed by atoms with Crippen molar-refractivity contribution in [3.8, 4) is 0 Å². The molecule has 0 amide bonds. The minimum absolute atomic E-state index is 0.167. The van der Waals surface area contributed by atoms with Crippen molar-refractivity contribution in [1.82, 2.24) is 0 Å². The average molecular weight is 471 g/mol. The van der Waals surface area contributed by atoms with Crippen LogP contribution in [0.15, 0.2) is 0 Å². The van der Waals surface area contributed by atoms with Crippen LogP contribution in [-0.2, 0) is 28.5 Å². The molecule has 1 heterocycles. The predicted octanol–water partition coefficient (Wildman–Crippen LogP) is 6.73. The topological polar surface area (TPSA) is 71.1 Å². The van der Waals surface area contributed by atoms with Crippen molar-refractivity contribution in [1.29, 1.82) is 0 Å². The third kappa shape index (κ3) is 12.2. The molecule has 33 heavy (non-hydrogen) atoms. The van der Waals surface area contributed by atoms with Crippen LogP contribution in [0.4, 0.5) is 0 Å². The molecule has 0 bridgehead atoms. The summed E-state index contributed by atoms with van der Waals surface area (Å²) in [6, 6.07) is 0. The molecular weight excluding hydrogens is 420 g/mol. The lowest BCUT2D eigenvalue weighted by Gasteiger charge is -2.44. The van der Waals surface area contributed by atoms with Crippen LogP contribution in [0, 0.1) is 5.92 Å². The summed E-state index contributed by atoms with van der Waals surface area (Å²) in [7, 11) is 0. The first-order valence-electron chi connectivity index (χ1n) is 13.6. The van der Waals surface area contributed by atoms with Crippen LogP contribution in [-0.4, -0.2) is 43.1 Å². The summed E-state index contributed by atoms with van der Waals surface area (Å²) in [5.74, 6) is -0.788. The summed E-state index contributed by atoms with van der Waals surface area (Å²) in [4.78, 5) is 24.4. The molecule has 0 spiro atoms. The number of carbonyl (C=O) groups is 2. The van der Waals surface area contributed by atoms with E-state index in [0.29, 0.717) is 19.4 Å². The maximum absolute atomic E-state index is 12.7. The van der Waals surface area contributed by atoms with Crippen LogP contribution in [0.25, 0.3) is 0 Å². The number of ether oxygens (including phenoxy) is 4. The largest absolute Gasteiger partial charge is 0.458 e. The Morgan fingerprint density at radius 3 is 1.91 bits per heavy atom. The number of rotatable bonds is 18. The van der Waals surface area contributed by atoms with Gasteiger partial charge < -0.3 is 18.9 Å². The SMILES string of the molecule is CCCCCCCCCCCC(=O)O[C@@H]1C(CC)C(OCCCCC)OC(C)[C@H]1OC(C)=O. The molecule has 1 aliphatic heterocycles. The first-order valence-corrected chi connectivity index (χ1v) is 13.6. The normalized spacial score (nSPS) is 25.1. The zero-order valence-corrected chi connectivity index (χ0v) is 21.9. The van der Waals surface area contributed by atoms with Gasteiger partial charge in [0.25, 0.3) is 0 Å². The summed E-state index contributed by atoms with van der Waals surface area (Å²) >= 11 is 0. The minimum atomic E-state index is -0.616. The van der Waals surface area contributed by atoms with Gasteiger partial charge in [-0.05, 0) is 26.2 Å². The molecule has 0 aromatic heterocycles. The number of hydrogen-bond acceptors (Lipinski definition) is 6. The lowest BCUT2D eigenvalue weighted by Crippen LogP contribution is -2.57. The highest BCUT2D eigenvalue weighted by Gasteiger charge is 2.48. The van der Waals surface area contributed by atoms with Crippen molar-refractivity contribution in [2.45, 2.75) is 149 Å². The molecule has 6 nitrogen and oxygen atoms in total. The van der Waals surface area contributed by atoms with E-state index in [1.165, 1.54) is 45.4 Å². The highest BCUT2D eigenvalue weighted by Crippen LogP contribution is 2.33. The van der Waals surface area contributed by atoms with Crippen molar-refractivity contribution in [3.63, 3.8) is 0 Å². The summed E-state index contributed by atoms with van der Waals surface area (Å²) < 4.78 is 23.6. The van der Waals surface area contributed by atoms with Crippen LogP contribution >= 0.6 is 0 Å². The first-order chi connectivity index (χ1) is 15.9. The molecule has 1 aliphatic rings. The monoisotopic (exact) mass is 470 g/mol. The van der Waals surface area contributed by atoms with Gasteiger partial charge in [0.15, 0.2) is 12.4 Å². The number of unbranched alkanes of at least 4 members (excludes halogenated alkanes) is 10. The zero-order valence-electron chi connectivity index (χ0n) is 21.9. The molecule has 0 aromatic carbocycles. The van der Waals surface area contributed by atoms with Crippen LogP contribution in [0.5, 0.6) is 0 Å². The van der Waals surface area contributed by atoms with Crippen LogP contribution in [0.2, 0.25) is 0 Å². The highest BCUT2D eigenvalue weighted by molar-refractivity contribution is 5.70. The molecule has 1 rings (SSSR count). The van der Waals surface area contributed by atoms with Crippen LogP contribution in [0.3, 0.4) is 0 Å². The fourth-order valence-electron chi connectivity index (χ4n) is 4.49. The van der Waals surface area contributed by atoms with Gasteiger partial charge in [-0.15, -0.1) is 0 Å². The Kier molecular flexibility index (Phi) is 16.5. The number of carbonyl (C=O) groups excluding carboxylic acids is 2. The summed E-state index contributed by atoms with van der Waals surface area (Å²) in [5, 5.41) is 0. The van der Waals surface area contributed by atoms with E-state index in [0.717, 1.165) is 38.5 Å². The second kappa shape index (κ2) is 18.2. The van der Waals surface area contributed by atoms with Gasteiger partial charge in [0, 0.05) is 20.0 Å². The van der Waals surface area contributed by atoms with Crippen molar-refractivity contribution < 1.29 is 28.5 Å². The van der Waals surface area contributed by atoms with Crippen LogP contribution in [0.1, 0.15) is 125 Å². The lowest BCUT2D eigenvalue weighted by atomic mass is 9.88. The molecule has 0 aromatic rings. The summed E-state index contributed by atoms with van der Waals surface area (Å²) in [6.45, 7) is 10.3. The van der Waals surface area contributed by atoms with Gasteiger partial charge in [-0.1, -0.05) is 85.0 Å². The molecule has 0 N–H and O–H groups in total. The van der Waals surface area contributed by atoms with Crippen molar-refractivity contribution >= 4 is 11.9 Å². The van der Waals surface area contributed by atoms with Gasteiger partial charge in [-0.2, -0.15) is 0 Å². The highest BCUT2D eigenvalue weighted by atomic mass is 16.7. The molecule has 0 aliphatic carbocycles. The van der Waals surface area contributed by atoms with E-state index < -0.39 is 30.6 Å². The fourth-order valence-corrected chi connectivity index (χ4v) is 4.49. The Morgan fingerprint density at radius 1 is 0.758 bits per heavy atom. The quantitative estimate of drug-likeness (QED) is 0.163. The minimum Gasteiger partial charge on any atom is -0.458 e. The maximum Gasteiger partial charge on any atom is 0.306 e. The standard InChI is InChI=1S/C27H50O6/c1-6-9-11-12-13-14-15-16-17-19-24(29)33-26-23(8-3)27(30-20-18-10-7-2)31-21(4)25(26)32-22(5)28/h21,23,25-27H,6-20H2,1-5H3/t21?,23?,25-,26-,27?/m1/s1. The molecule has 194 valence electrons. The first kappa shape index (κ1) is 29.9. The van der Waals surface area contributed by atoms with Gasteiger partial charge >= 0.3 is 11.9 Å². The van der Waals surface area contributed by atoms with E-state index in [-0.39, 0.29) is 11.9 Å². The fraction of sp³-hybridized carbons (Fsp3) is 0.926. The van der Waals surface area contributed by atoms with Crippen molar-refractivity contribution in [3.05, 3.63) is 0 Å². The third-order valence-electron chi connectivity index (χ3n) is 6.46. The van der Waals surface area contributed by atoms with Gasteiger partial charge in [-0.25, -0.2) is 0 Å². The van der Waals surface area contributed by atoms with Gasteiger partial charge in [0.1, 0.15) is 6.10 Å². The maximum atomic E-state index is 12.7. The summed E-state index contributed by atoms with van der Waals surface area (Å²) in [5.41, 5.74) is 0. The predicted molar refractivity (Wildman–Crippen MR) is 131 cm³/mol. The Morgan fingerprint density at radius 2 is 1.33 bits per heavy atom. The molecular formula is C27H50O6. The third-order valence-corrected chi connectivity index (χ3v) is 6.46. The van der Waals surface area contributed by atoms with E-state index in [1.54, 1.807) is 0 Å². The van der Waals surface area contributed by atoms with Gasteiger partial charge in [0.05, 0.1) is 12.0 Å². The molecule has 3 unspecified atom stereocenters. The van der Waals surface area contributed by atoms with E-state index in [9.17, 15) is 9.59 Å². The van der Waals surface area contributed by atoms with Crippen molar-refractivity contribution in [2.24, 2.45) is 5.92 Å². The molecule has 6 heteroatoms. The van der Waals surface area contributed by atoms with E-state index in [4.69, 9.17) is 18.9 Å². The Hall–Kier alpha value is -1.14. The molecule has 0 saturated carbocycles. The van der Waals surface area contributed by atoms with Crippen LogP contribution < -0.4 is 0 Å². The number of esters is 2. The Bertz CT molecular complexity index is 523. The van der Waals surface area contributed by atoms with E-state index in [1.807, 2.05) is 13.8 Å². The summed E-state index contributed by atoms with van der Waals surface area (Å²) in [6.07, 6.45) is 13.1. The average Bonchev–Trinajstić information content (AvgIpc) is 2.78. The lowest BCUT2D eigenvalue weighted by molar-refractivity contribution is -0.283. The van der Waals surface area contributed by atoms with Crippen molar-refractivity contribution in [2.75, 3.05) is 6.61 Å². The zero-order chi connectivity index (χ0) is 24.5. The molecule has 0 radical (unpaired) electrons. The second-order valence-corrected chi connectivity index (χ2v) is 9.47.